The van der Waals surface area contributed by atoms with Crippen molar-refractivity contribution >= 4 is 12.1 Å². The maximum absolute atomic E-state index is 11.9. The van der Waals surface area contributed by atoms with Crippen LogP contribution in [0, 0.1) is 0 Å². The van der Waals surface area contributed by atoms with Crippen molar-refractivity contribution in [1.29, 1.82) is 0 Å². The number of oxime groups is 1. The molecule has 0 saturated carbocycles. The van der Waals surface area contributed by atoms with Crippen LogP contribution in [0.2, 0.25) is 0 Å². The van der Waals surface area contributed by atoms with Crippen LogP contribution in [-0.2, 0) is 11.3 Å². The summed E-state index contributed by atoms with van der Waals surface area (Å²) in [6.45, 7) is 5.65. The highest BCUT2D eigenvalue weighted by Gasteiger charge is 2.14. The van der Waals surface area contributed by atoms with Gasteiger partial charge in [0.25, 0.3) is 5.91 Å². The van der Waals surface area contributed by atoms with Crippen molar-refractivity contribution in [2.45, 2.75) is 20.4 Å². The molecule has 6 heteroatoms. The zero-order chi connectivity index (χ0) is 12.7. The van der Waals surface area contributed by atoms with E-state index in [9.17, 15) is 4.79 Å². The van der Waals surface area contributed by atoms with Gasteiger partial charge in [-0.15, -0.1) is 0 Å². The summed E-state index contributed by atoms with van der Waals surface area (Å²) in [4.78, 5) is 13.6. The van der Waals surface area contributed by atoms with Crippen LogP contribution in [0.5, 0.6) is 0 Å². The van der Waals surface area contributed by atoms with Gasteiger partial charge in [0, 0.05) is 19.2 Å². The van der Waals surface area contributed by atoms with E-state index >= 15 is 0 Å². The van der Waals surface area contributed by atoms with Crippen LogP contribution in [0.3, 0.4) is 0 Å². The number of likely N-dealkylation sites (N-methyl/N-ethyl adjacent to an activating group) is 1. The predicted octanol–water partition coefficient (Wildman–Crippen LogP) is -2.35. The van der Waals surface area contributed by atoms with Crippen molar-refractivity contribution in [3.05, 3.63) is 30.1 Å². The normalized spacial score (nSPS) is 10.1. The van der Waals surface area contributed by atoms with Gasteiger partial charge in [-0.3, -0.25) is 4.79 Å². The molecule has 0 aliphatic carbocycles. The predicted molar refractivity (Wildman–Crippen MR) is 63.9 cm³/mol. The Morgan fingerprint density at radius 1 is 1.50 bits per heavy atom. The summed E-state index contributed by atoms with van der Waals surface area (Å²) in [5, 5.41) is 11.4. The summed E-state index contributed by atoms with van der Waals surface area (Å²) in [6.07, 6.45) is 4.91. The first-order chi connectivity index (χ1) is 8.21. The first kappa shape index (κ1) is 16.4. The zero-order valence-electron chi connectivity index (χ0n) is 10.6. The van der Waals surface area contributed by atoms with Crippen LogP contribution in [0.4, 0.5) is 0 Å². The monoisotopic (exact) mass is 271 g/mol. The molecule has 0 saturated heterocycles. The Hall–Kier alpha value is -1.62. The molecule has 0 aliphatic heterocycles. The van der Waals surface area contributed by atoms with Gasteiger partial charge in [-0.1, -0.05) is 5.16 Å². The van der Waals surface area contributed by atoms with Crippen molar-refractivity contribution in [2.24, 2.45) is 5.16 Å². The molecule has 0 spiro atoms. The van der Waals surface area contributed by atoms with E-state index in [-0.39, 0.29) is 18.3 Å². The van der Waals surface area contributed by atoms with Gasteiger partial charge in [-0.05, 0) is 19.9 Å². The molecule has 0 radical (unpaired) electrons. The largest absolute Gasteiger partial charge is 1.00 e. The van der Waals surface area contributed by atoms with Gasteiger partial charge in [0.15, 0.2) is 12.4 Å². The third-order valence-corrected chi connectivity index (χ3v) is 2.52. The Bertz CT molecular complexity index is 406. The van der Waals surface area contributed by atoms with Gasteiger partial charge in [-0.25, -0.2) is 0 Å². The summed E-state index contributed by atoms with van der Waals surface area (Å²) in [6, 6.07) is 3.62. The molecule has 1 heterocycles. The maximum Gasteiger partial charge on any atom is 0.288 e. The molecule has 1 rings (SSSR count). The fraction of sp³-hybridized carbons (Fsp3) is 0.417. The number of halogens is 1. The van der Waals surface area contributed by atoms with Crippen molar-refractivity contribution in [1.82, 2.24) is 4.90 Å². The Labute approximate surface area is 113 Å². The van der Waals surface area contributed by atoms with Crippen molar-refractivity contribution in [2.75, 3.05) is 13.1 Å². The Kier molecular flexibility index (Phi) is 7.71. The second-order valence-corrected chi connectivity index (χ2v) is 3.62. The van der Waals surface area contributed by atoms with Gasteiger partial charge in [0.05, 0.1) is 11.8 Å². The molecule has 1 amide bonds. The molecule has 0 unspecified atom stereocenters. The van der Waals surface area contributed by atoms with E-state index in [0.717, 1.165) is 5.56 Å². The van der Waals surface area contributed by atoms with Gasteiger partial charge in [0.1, 0.15) is 0 Å². The smallest absolute Gasteiger partial charge is 0.288 e. The number of aromatic nitrogens is 1. The lowest BCUT2D eigenvalue weighted by atomic mass is 10.3. The van der Waals surface area contributed by atoms with Crippen LogP contribution >= 0.6 is 0 Å². The Morgan fingerprint density at radius 2 is 2.17 bits per heavy atom. The molecule has 100 valence electrons. The van der Waals surface area contributed by atoms with Crippen LogP contribution in [-0.4, -0.2) is 35.3 Å². The summed E-state index contributed by atoms with van der Waals surface area (Å²) < 4.78 is 1.78. The van der Waals surface area contributed by atoms with E-state index in [1.54, 1.807) is 21.7 Å². The second-order valence-electron chi connectivity index (χ2n) is 3.62. The first-order valence-electron chi connectivity index (χ1n) is 5.65. The first-order valence-corrected chi connectivity index (χ1v) is 5.65. The van der Waals surface area contributed by atoms with E-state index in [4.69, 9.17) is 5.21 Å². The number of rotatable bonds is 5. The molecule has 1 aromatic rings. The van der Waals surface area contributed by atoms with E-state index in [1.165, 1.54) is 6.21 Å². The molecule has 1 aromatic heterocycles. The summed E-state index contributed by atoms with van der Waals surface area (Å²) >= 11 is 0. The average molecular weight is 272 g/mol. The molecule has 5 nitrogen and oxygen atoms in total. The number of hydrogen-bond donors (Lipinski definition) is 1. The van der Waals surface area contributed by atoms with Crippen LogP contribution in [0.15, 0.2) is 29.7 Å². The fourth-order valence-corrected chi connectivity index (χ4v) is 1.62. The average Bonchev–Trinajstić information content (AvgIpc) is 2.31. The zero-order valence-corrected chi connectivity index (χ0v) is 11.3. The lowest BCUT2D eigenvalue weighted by molar-refractivity contribution is -0.685. The molecule has 0 atom stereocenters. The standard InChI is InChI=1S/C12H17N3O2.ClH/c1-3-15(4-2)12(16)10-14-7-5-6-11(9-14)8-13-17;/h5-9H,3-4,10H2,1-2H3;1H. The van der Waals surface area contributed by atoms with E-state index in [2.05, 4.69) is 5.16 Å². The molecule has 0 bridgehead atoms. The SMILES string of the molecule is CCN(CC)C(=O)C[n+]1cccc(C=NO)c1.[Cl-]. The van der Waals surface area contributed by atoms with Gasteiger partial charge >= 0.3 is 0 Å². The van der Waals surface area contributed by atoms with E-state index in [0.29, 0.717) is 19.6 Å². The lowest BCUT2D eigenvalue weighted by Gasteiger charge is -2.16. The van der Waals surface area contributed by atoms with Crippen LogP contribution < -0.4 is 17.0 Å². The summed E-state index contributed by atoms with van der Waals surface area (Å²) in [5.41, 5.74) is 0.752. The molecule has 1 N–H and O–H groups in total. The van der Waals surface area contributed by atoms with Crippen LogP contribution in [0.1, 0.15) is 19.4 Å². The molecule has 0 aromatic carbocycles. The fourth-order valence-electron chi connectivity index (χ4n) is 1.62. The molecule has 18 heavy (non-hydrogen) atoms. The topological polar surface area (TPSA) is 56.8 Å². The highest BCUT2D eigenvalue weighted by Crippen LogP contribution is 1.92. The van der Waals surface area contributed by atoms with Crippen molar-refractivity contribution < 1.29 is 27.0 Å². The highest BCUT2D eigenvalue weighted by molar-refractivity contribution is 5.78. The number of hydrogen-bond acceptors (Lipinski definition) is 3. The van der Waals surface area contributed by atoms with Gasteiger partial charge in [-0.2, -0.15) is 4.57 Å². The molecular weight excluding hydrogens is 254 g/mol. The second kappa shape index (κ2) is 8.47. The minimum Gasteiger partial charge on any atom is -1.00 e. The molecule has 0 aliphatic rings. The van der Waals surface area contributed by atoms with Crippen LogP contribution in [0.25, 0.3) is 0 Å². The number of carbonyl (C=O) groups excluding carboxylic acids is 1. The Morgan fingerprint density at radius 3 is 2.72 bits per heavy atom. The summed E-state index contributed by atoms with van der Waals surface area (Å²) in [7, 11) is 0. The molecular formula is C12H18ClN3O2. The Balaban J connectivity index is 0.00000289. The van der Waals surface area contributed by atoms with E-state index in [1.807, 2.05) is 26.1 Å². The lowest BCUT2D eigenvalue weighted by Crippen LogP contribution is -3.00. The minimum atomic E-state index is 0. The van der Waals surface area contributed by atoms with Crippen molar-refractivity contribution in [3.63, 3.8) is 0 Å². The van der Waals surface area contributed by atoms with Gasteiger partial charge in [0.2, 0.25) is 6.54 Å². The number of carbonyl (C=O) groups is 1. The summed E-state index contributed by atoms with van der Waals surface area (Å²) in [5.74, 6) is 0.0816. The number of nitrogens with zero attached hydrogens (tertiary/aromatic N) is 3. The highest BCUT2D eigenvalue weighted by atomic mass is 35.5. The maximum atomic E-state index is 11.9. The third-order valence-electron chi connectivity index (χ3n) is 2.52. The van der Waals surface area contributed by atoms with Crippen molar-refractivity contribution in [3.8, 4) is 0 Å². The quantitative estimate of drug-likeness (QED) is 0.282. The third kappa shape index (κ3) is 4.71. The van der Waals surface area contributed by atoms with E-state index < -0.39 is 0 Å². The van der Waals surface area contributed by atoms with Gasteiger partial charge < -0.3 is 22.5 Å². The number of amides is 1. The number of pyridine rings is 1. The minimum absolute atomic E-state index is 0. The molecule has 0 fully saturated rings.